The zero-order chi connectivity index (χ0) is 22.0. The van der Waals surface area contributed by atoms with Crippen molar-refractivity contribution in [3.8, 4) is 5.75 Å². The van der Waals surface area contributed by atoms with Crippen molar-refractivity contribution in [1.29, 1.82) is 0 Å². The fourth-order valence-corrected chi connectivity index (χ4v) is 4.87. The Hall–Kier alpha value is -2.70. The third-order valence-electron chi connectivity index (χ3n) is 6.59. The monoisotopic (exact) mass is 422 g/mol. The molecule has 0 bridgehead atoms. The van der Waals surface area contributed by atoms with Crippen LogP contribution in [0.5, 0.6) is 5.75 Å². The number of likely N-dealkylation sites (tertiary alicyclic amines) is 1. The van der Waals surface area contributed by atoms with E-state index in [1.807, 2.05) is 37.3 Å². The summed E-state index contributed by atoms with van der Waals surface area (Å²) >= 11 is 0. The third kappa shape index (κ3) is 4.23. The number of hydrogen-bond acceptors (Lipinski definition) is 5. The lowest BCUT2D eigenvalue weighted by Gasteiger charge is -2.49. The molecule has 1 aromatic carbocycles. The zero-order valence-electron chi connectivity index (χ0n) is 18.1. The van der Waals surface area contributed by atoms with Gasteiger partial charge in [-0.3, -0.25) is 9.59 Å². The first-order valence-electron chi connectivity index (χ1n) is 10.9. The number of para-hydroxylation sites is 1. The molecule has 3 aliphatic rings. The Labute approximate surface area is 183 Å². The predicted octanol–water partition coefficient (Wildman–Crippen LogP) is 3.42. The van der Waals surface area contributed by atoms with Crippen molar-refractivity contribution in [3.05, 3.63) is 66.9 Å². The van der Waals surface area contributed by atoms with Crippen LogP contribution in [-0.4, -0.2) is 59.6 Å². The maximum atomic E-state index is 12.7. The Balaban J connectivity index is 1.37. The van der Waals surface area contributed by atoms with Crippen LogP contribution in [0, 0.1) is 0 Å². The van der Waals surface area contributed by atoms with Crippen molar-refractivity contribution in [3.63, 3.8) is 0 Å². The van der Waals surface area contributed by atoms with Crippen LogP contribution in [0.1, 0.15) is 37.7 Å². The van der Waals surface area contributed by atoms with Crippen LogP contribution in [0.25, 0.3) is 0 Å². The first kappa shape index (κ1) is 21.5. The fraction of sp³-hybridized carbons (Fsp3) is 0.440. The van der Waals surface area contributed by atoms with E-state index in [1.54, 1.807) is 17.1 Å². The van der Waals surface area contributed by atoms with E-state index in [2.05, 4.69) is 18.1 Å². The highest BCUT2D eigenvalue weighted by Crippen LogP contribution is 2.38. The quantitative estimate of drug-likeness (QED) is 0.399. The Morgan fingerprint density at radius 1 is 1.23 bits per heavy atom. The van der Waals surface area contributed by atoms with Crippen LogP contribution in [-0.2, 0) is 14.3 Å². The van der Waals surface area contributed by atoms with Crippen molar-refractivity contribution in [1.82, 2.24) is 9.80 Å². The fourth-order valence-electron chi connectivity index (χ4n) is 4.87. The molecule has 1 amide bonds. The maximum Gasteiger partial charge on any atom is 0.319 e. The first-order chi connectivity index (χ1) is 15.0. The van der Waals surface area contributed by atoms with Gasteiger partial charge in [0, 0.05) is 24.4 Å². The summed E-state index contributed by atoms with van der Waals surface area (Å²) in [5.41, 5.74) is 1.40. The average Bonchev–Trinajstić information content (AvgIpc) is 3.09. The number of morpholine rings is 1. The number of piperidine rings is 1. The van der Waals surface area contributed by atoms with Gasteiger partial charge < -0.3 is 19.3 Å². The van der Waals surface area contributed by atoms with Crippen molar-refractivity contribution >= 4 is 11.9 Å². The molecule has 0 radical (unpaired) electrons. The topological polar surface area (TPSA) is 59.1 Å². The van der Waals surface area contributed by atoms with Gasteiger partial charge in [-0.25, -0.2) is 0 Å². The van der Waals surface area contributed by atoms with Crippen LogP contribution in [0.2, 0.25) is 0 Å². The highest BCUT2D eigenvalue weighted by Gasteiger charge is 2.46. The normalized spacial score (nSPS) is 26.0. The summed E-state index contributed by atoms with van der Waals surface area (Å²) in [7, 11) is 0. The molecule has 1 spiro atoms. The van der Waals surface area contributed by atoms with Crippen LogP contribution in [0.4, 0.5) is 0 Å². The van der Waals surface area contributed by atoms with Crippen molar-refractivity contribution in [2.24, 2.45) is 0 Å². The van der Waals surface area contributed by atoms with Gasteiger partial charge in [0.15, 0.2) is 0 Å². The maximum absolute atomic E-state index is 12.7. The number of carbonyl (C=O) groups is 2. The van der Waals surface area contributed by atoms with E-state index in [-0.39, 0.29) is 23.4 Å². The number of rotatable bonds is 6. The summed E-state index contributed by atoms with van der Waals surface area (Å²) in [4.78, 5) is 29.1. The van der Waals surface area contributed by atoms with Gasteiger partial charge in [0.25, 0.3) is 5.91 Å². The summed E-state index contributed by atoms with van der Waals surface area (Å²) in [6.45, 7) is 12.5. The highest BCUT2D eigenvalue weighted by molar-refractivity contribution is 5.86. The molecule has 3 heterocycles. The number of fused-ring (bicyclic) bond motifs is 1. The molecule has 2 atom stereocenters. The van der Waals surface area contributed by atoms with Gasteiger partial charge >= 0.3 is 5.97 Å². The Kier molecular flexibility index (Phi) is 6.12. The number of ether oxygens (including phenoxy) is 2. The van der Waals surface area contributed by atoms with Gasteiger partial charge in [0.2, 0.25) is 0 Å². The molecular weight excluding hydrogens is 392 g/mol. The molecule has 164 valence electrons. The lowest BCUT2D eigenvalue weighted by molar-refractivity contribution is -0.185. The van der Waals surface area contributed by atoms with E-state index in [0.717, 1.165) is 50.2 Å². The molecular formula is C25H30N2O4. The summed E-state index contributed by atoms with van der Waals surface area (Å²) < 4.78 is 11.6. The molecule has 0 aliphatic carbocycles. The highest BCUT2D eigenvalue weighted by atomic mass is 16.5. The molecule has 0 N–H and O–H groups in total. The number of benzene rings is 1. The number of amides is 1. The second kappa shape index (κ2) is 8.81. The molecule has 3 aliphatic heterocycles. The molecule has 31 heavy (non-hydrogen) atoms. The summed E-state index contributed by atoms with van der Waals surface area (Å²) in [5.74, 6) is 0.305. The van der Waals surface area contributed by atoms with Crippen molar-refractivity contribution in [2.45, 2.75) is 43.8 Å². The van der Waals surface area contributed by atoms with Crippen LogP contribution >= 0.6 is 0 Å². The predicted molar refractivity (Wildman–Crippen MR) is 119 cm³/mol. The van der Waals surface area contributed by atoms with Gasteiger partial charge in [-0.15, -0.1) is 0 Å². The number of carbonyl (C=O) groups excluding carboxylic acids is 2. The largest absolute Gasteiger partial charge is 0.426 e. The standard InChI is InChI=1S/C25H30N2O4/c1-4-8-19(5-2)27-17-25(31-18(3)23(27)28)12-15-26(16-13-25)14-11-21-20-9-6-7-10-22(20)30-24(21)29/h4-10,18,21H,1-2,11-17H2,3H3/b19-8+. The van der Waals surface area contributed by atoms with E-state index in [1.165, 1.54) is 0 Å². The van der Waals surface area contributed by atoms with E-state index in [9.17, 15) is 9.59 Å². The van der Waals surface area contributed by atoms with Gasteiger partial charge in [0.05, 0.1) is 18.1 Å². The van der Waals surface area contributed by atoms with Crippen LogP contribution in [0.3, 0.4) is 0 Å². The average molecular weight is 423 g/mol. The molecule has 2 unspecified atom stereocenters. The summed E-state index contributed by atoms with van der Waals surface area (Å²) in [6, 6.07) is 7.67. The number of nitrogens with zero attached hydrogens (tertiary/aromatic N) is 2. The molecule has 6 nitrogen and oxygen atoms in total. The molecule has 0 saturated carbocycles. The van der Waals surface area contributed by atoms with Crippen LogP contribution < -0.4 is 4.74 Å². The van der Waals surface area contributed by atoms with Gasteiger partial charge in [0.1, 0.15) is 11.9 Å². The van der Waals surface area contributed by atoms with Gasteiger partial charge in [-0.2, -0.15) is 0 Å². The molecule has 2 saturated heterocycles. The van der Waals surface area contributed by atoms with Gasteiger partial charge in [-0.1, -0.05) is 37.4 Å². The third-order valence-corrected chi connectivity index (χ3v) is 6.59. The molecule has 1 aromatic rings. The van der Waals surface area contributed by atoms with Crippen LogP contribution in [0.15, 0.2) is 61.3 Å². The minimum Gasteiger partial charge on any atom is -0.426 e. The SMILES string of the molecule is C=C/C=C(\C=C)N1CC2(CCN(CCC3C(=O)Oc4ccccc43)CC2)OC(C)C1=O. The summed E-state index contributed by atoms with van der Waals surface area (Å²) in [5, 5.41) is 0. The van der Waals surface area contributed by atoms with E-state index >= 15 is 0 Å². The Morgan fingerprint density at radius 3 is 2.68 bits per heavy atom. The van der Waals surface area contributed by atoms with E-state index < -0.39 is 6.10 Å². The lowest BCUT2D eigenvalue weighted by Crippen LogP contribution is -2.60. The van der Waals surface area contributed by atoms with Crippen molar-refractivity contribution in [2.75, 3.05) is 26.2 Å². The molecule has 4 rings (SSSR count). The van der Waals surface area contributed by atoms with Crippen molar-refractivity contribution < 1.29 is 19.1 Å². The number of esters is 1. The second-order valence-electron chi connectivity index (χ2n) is 8.54. The summed E-state index contributed by atoms with van der Waals surface area (Å²) in [6.07, 6.45) is 7.11. The van der Waals surface area contributed by atoms with Gasteiger partial charge in [-0.05, 0) is 50.9 Å². The zero-order valence-corrected chi connectivity index (χ0v) is 18.1. The number of allylic oxidation sites excluding steroid dienone is 3. The minimum absolute atomic E-state index is 0.0422. The Morgan fingerprint density at radius 2 is 1.97 bits per heavy atom. The van der Waals surface area contributed by atoms with E-state index in [0.29, 0.717) is 12.3 Å². The van der Waals surface area contributed by atoms with E-state index in [4.69, 9.17) is 9.47 Å². The molecule has 2 fully saturated rings. The minimum atomic E-state index is -0.488. The second-order valence-corrected chi connectivity index (χ2v) is 8.54. The Bertz CT molecular complexity index is 914. The first-order valence-corrected chi connectivity index (χ1v) is 10.9. The lowest BCUT2D eigenvalue weighted by atomic mass is 9.87. The number of hydrogen-bond donors (Lipinski definition) is 0. The molecule has 6 heteroatoms. The smallest absolute Gasteiger partial charge is 0.319 e. The molecule has 0 aromatic heterocycles.